The molecule has 2 saturated heterocycles. The Morgan fingerprint density at radius 3 is 2.60 bits per heavy atom. The van der Waals surface area contributed by atoms with E-state index >= 15 is 0 Å². The predicted octanol–water partition coefficient (Wildman–Crippen LogP) is 2.11. The predicted molar refractivity (Wildman–Crippen MR) is 98.7 cm³/mol. The summed E-state index contributed by atoms with van der Waals surface area (Å²) in [4.78, 5) is 21.2. The molecule has 25 heavy (non-hydrogen) atoms. The number of aromatic nitrogens is 1. The minimum atomic E-state index is -2.95. The fourth-order valence-corrected chi connectivity index (χ4v) is 5.52. The van der Waals surface area contributed by atoms with Gasteiger partial charge in [-0.15, -0.1) is 0 Å². The van der Waals surface area contributed by atoms with E-state index in [9.17, 15) is 13.2 Å². The molecule has 0 bridgehead atoms. The molecule has 3 rings (SSSR count). The van der Waals surface area contributed by atoms with E-state index in [-0.39, 0.29) is 23.5 Å². The SMILES string of the molecule is CCN(c1cc(C(=O)N2CCCCCC2)ccn1)C1CCS(=O)(=O)C1. The van der Waals surface area contributed by atoms with Gasteiger partial charge in [0.1, 0.15) is 5.82 Å². The van der Waals surface area contributed by atoms with Crippen molar-refractivity contribution in [3.63, 3.8) is 0 Å². The molecule has 6 nitrogen and oxygen atoms in total. The maximum Gasteiger partial charge on any atom is 0.254 e. The van der Waals surface area contributed by atoms with Gasteiger partial charge in [-0.25, -0.2) is 13.4 Å². The van der Waals surface area contributed by atoms with Gasteiger partial charge in [-0.3, -0.25) is 4.79 Å². The van der Waals surface area contributed by atoms with Gasteiger partial charge in [0.15, 0.2) is 9.84 Å². The first-order chi connectivity index (χ1) is 12.0. The average Bonchev–Trinajstić information content (AvgIpc) is 2.80. The second kappa shape index (κ2) is 7.72. The van der Waals surface area contributed by atoms with Gasteiger partial charge in [0.25, 0.3) is 5.91 Å². The van der Waals surface area contributed by atoms with Crippen LogP contribution in [0.4, 0.5) is 5.82 Å². The maximum atomic E-state index is 12.8. The normalized spacial score (nSPS) is 23.2. The van der Waals surface area contributed by atoms with Crippen molar-refractivity contribution in [2.75, 3.05) is 36.0 Å². The molecule has 1 aromatic heterocycles. The molecule has 1 aromatic rings. The van der Waals surface area contributed by atoms with Gasteiger partial charge in [-0.1, -0.05) is 12.8 Å². The summed E-state index contributed by atoms with van der Waals surface area (Å²) in [5.74, 6) is 1.17. The lowest BCUT2D eigenvalue weighted by Crippen LogP contribution is -2.37. The summed E-state index contributed by atoms with van der Waals surface area (Å²) in [6.45, 7) is 4.30. The van der Waals surface area contributed by atoms with Gasteiger partial charge in [0.2, 0.25) is 0 Å². The second-order valence-corrected chi connectivity index (χ2v) is 9.18. The monoisotopic (exact) mass is 365 g/mol. The minimum Gasteiger partial charge on any atom is -0.353 e. The molecule has 1 atom stereocenters. The molecule has 2 aliphatic rings. The van der Waals surface area contributed by atoms with Gasteiger partial charge in [0.05, 0.1) is 11.5 Å². The average molecular weight is 365 g/mol. The molecule has 2 fully saturated rings. The first-order valence-electron chi connectivity index (χ1n) is 9.22. The van der Waals surface area contributed by atoms with Crippen molar-refractivity contribution in [2.24, 2.45) is 0 Å². The molecule has 0 aliphatic carbocycles. The topological polar surface area (TPSA) is 70.6 Å². The Balaban J connectivity index is 1.79. The molecule has 1 unspecified atom stereocenters. The molecular weight excluding hydrogens is 338 g/mol. The zero-order chi connectivity index (χ0) is 17.9. The van der Waals surface area contributed by atoms with E-state index in [0.29, 0.717) is 24.3 Å². The number of hydrogen-bond acceptors (Lipinski definition) is 5. The smallest absolute Gasteiger partial charge is 0.254 e. The molecule has 1 amide bonds. The van der Waals surface area contributed by atoms with E-state index in [2.05, 4.69) is 4.98 Å². The number of rotatable bonds is 4. The van der Waals surface area contributed by atoms with Crippen LogP contribution in [0.2, 0.25) is 0 Å². The Labute approximate surface area is 150 Å². The summed E-state index contributed by atoms with van der Waals surface area (Å²) in [6.07, 6.45) is 6.78. The van der Waals surface area contributed by atoms with Crippen LogP contribution in [0.1, 0.15) is 49.4 Å². The maximum absolute atomic E-state index is 12.8. The molecule has 0 radical (unpaired) electrons. The number of hydrogen-bond donors (Lipinski definition) is 0. The van der Waals surface area contributed by atoms with Gasteiger partial charge in [-0.2, -0.15) is 0 Å². The van der Waals surface area contributed by atoms with Crippen LogP contribution >= 0.6 is 0 Å². The van der Waals surface area contributed by atoms with E-state index in [4.69, 9.17) is 0 Å². The highest BCUT2D eigenvalue weighted by Crippen LogP contribution is 2.24. The number of sulfone groups is 1. The van der Waals surface area contributed by atoms with Crippen molar-refractivity contribution in [1.29, 1.82) is 0 Å². The van der Waals surface area contributed by atoms with Crippen molar-refractivity contribution in [2.45, 2.75) is 45.1 Å². The van der Waals surface area contributed by atoms with Gasteiger partial charge >= 0.3 is 0 Å². The van der Waals surface area contributed by atoms with Crippen LogP contribution in [0.15, 0.2) is 18.3 Å². The van der Waals surface area contributed by atoms with Crippen LogP contribution in [-0.4, -0.2) is 61.4 Å². The van der Waals surface area contributed by atoms with Crippen LogP contribution in [0.25, 0.3) is 0 Å². The first kappa shape index (κ1) is 18.2. The summed E-state index contributed by atoms with van der Waals surface area (Å²) in [6, 6.07) is 3.53. The highest BCUT2D eigenvalue weighted by molar-refractivity contribution is 7.91. The molecule has 7 heteroatoms. The number of amides is 1. The van der Waals surface area contributed by atoms with Crippen molar-refractivity contribution >= 4 is 21.6 Å². The Kier molecular flexibility index (Phi) is 5.61. The Bertz CT molecular complexity index is 712. The highest BCUT2D eigenvalue weighted by atomic mass is 32.2. The van der Waals surface area contributed by atoms with E-state index in [1.165, 1.54) is 12.8 Å². The minimum absolute atomic E-state index is 0.0500. The van der Waals surface area contributed by atoms with Crippen molar-refractivity contribution in [3.05, 3.63) is 23.9 Å². The van der Waals surface area contributed by atoms with E-state index in [1.54, 1.807) is 12.3 Å². The molecular formula is C18H27N3O3S. The van der Waals surface area contributed by atoms with E-state index in [0.717, 1.165) is 25.9 Å². The molecule has 0 N–H and O–H groups in total. The van der Waals surface area contributed by atoms with Gasteiger partial charge < -0.3 is 9.80 Å². The van der Waals surface area contributed by atoms with Crippen LogP contribution in [0.3, 0.4) is 0 Å². The Morgan fingerprint density at radius 2 is 2.00 bits per heavy atom. The Morgan fingerprint density at radius 1 is 1.28 bits per heavy atom. The molecule has 0 aromatic carbocycles. The van der Waals surface area contributed by atoms with E-state index < -0.39 is 9.84 Å². The summed E-state index contributed by atoms with van der Waals surface area (Å²) in [7, 11) is -2.95. The third-order valence-electron chi connectivity index (χ3n) is 5.17. The number of nitrogens with zero attached hydrogens (tertiary/aromatic N) is 3. The lowest BCUT2D eigenvalue weighted by atomic mass is 10.2. The van der Waals surface area contributed by atoms with Crippen LogP contribution < -0.4 is 4.90 Å². The standard InChI is InChI=1S/C18H27N3O3S/c1-2-21(16-8-12-25(23,24)14-16)17-13-15(7-9-19-17)18(22)20-10-5-3-4-6-11-20/h7,9,13,16H,2-6,8,10-12,14H2,1H3. The number of pyridine rings is 1. The van der Waals surface area contributed by atoms with Crippen molar-refractivity contribution < 1.29 is 13.2 Å². The zero-order valence-electron chi connectivity index (χ0n) is 14.9. The number of carbonyl (C=O) groups is 1. The number of carbonyl (C=O) groups excluding carboxylic acids is 1. The number of anilines is 1. The quantitative estimate of drug-likeness (QED) is 0.817. The molecule has 3 heterocycles. The lowest BCUT2D eigenvalue weighted by Gasteiger charge is -2.28. The summed E-state index contributed by atoms with van der Waals surface area (Å²) in [5, 5.41) is 0. The molecule has 2 aliphatic heterocycles. The zero-order valence-corrected chi connectivity index (χ0v) is 15.7. The largest absolute Gasteiger partial charge is 0.353 e. The second-order valence-electron chi connectivity index (χ2n) is 6.95. The summed E-state index contributed by atoms with van der Waals surface area (Å²) < 4.78 is 23.6. The van der Waals surface area contributed by atoms with Gasteiger partial charge in [0, 0.05) is 37.4 Å². The van der Waals surface area contributed by atoms with Crippen LogP contribution in [-0.2, 0) is 9.84 Å². The fourth-order valence-electron chi connectivity index (χ4n) is 3.79. The highest BCUT2D eigenvalue weighted by Gasteiger charge is 2.32. The third kappa shape index (κ3) is 4.32. The molecule has 138 valence electrons. The van der Waals surface area contributed by atoms with Gasteiger partial charge in [-0.05, 0) is 38.3 Å². The van der Waals surface area contributed by atoms with Crippen molar-refractivity contribution in [1.82, 2.24) is 9.88 Å². The molecule has 0 spiro atoms. The Hall–Kier alpha value is -1.63. The number of likely N-dealkylation sites (tertiary alicyclic amines) is 1. The summed E-state index contributed by atoms with van der Waals surface area (Å²) in [5.41, 5.74) is 0.645. The summed E-state index contributed by atoms with van der Waals surface area (Å²) >= 11 is 0. The van der Waals surface area contributed by atoms with Crippen LogP contribution in [0, 0.1) is 0 Å². The molecule has 0 saturated carbocycles. The lowest BCUT2D eigenvalue weighted by molar-refractivity contribution is 0.0761. The van der Waals surface area contributed by atoms with Crippen molar-refractivity contribution in [3.8, 4) is 0 Å². The van der Waals surface area contributed by atoms with E-state index in [1.807, 2.05) is 22.8 Å². The third-order valence-corrected chi connectivity index (χ3v) is 6.92. The van der Waals surface area contributed by atoms with Crippen LogP contribution in [0.5, 0.6) is 0 Å². The fraction of sp³-hybridized carbons (Fsp3) is 0.667. The first-order valence-corrected chi connectivity index (χ1v) is 11.0.